The molecule has 0 bridgehead atoms. The summed E-state index contributed by atoms with van der Waals surface area (Å²) in [6.07, 6.45) is 3.02. The minimum atomic E-state index is -2.98. The summed E-state index contributed by atoms with van der Waals surface area (Å²) in [4.78, 5) is 14.2. The van der Waals surface area contributed by atoms with Gasteiger partial charge in [0.2, 0.25) is 0 Å². The van der Waals surface area contributed by atoms with Gasteiger partial charge in [0.25, 0.3) is 5.69 Å². The molecular weight excluding hydrogens is 258 g/mol. The largest absolute Gasteiger partial charge is 0.370 e. The second kappa shape index (κ2) is 5.76. The summed E-state index contributed by atoms with van der Waals surface area (Å²) in [5.41, 5.74) is 0.484. The average molecular weight is 273 g/mol. The number of aryl methyl sites for hydroxylation is 1. The van der Waals surface area contributed by atoms with Crippen molar-refractivity contribution < 1.29 is 13.3 Å². The standard InChI is InChI=1S/C10H15N3O4S/c1-8-7-12-10(6-9(8)13(14)15)11-4-3-5-18(2,16)17/h6-7H,3-5H2,1-2H3,(H,11,12). The molecule has 0 amide bonds. The molecule has 0 aliphatic rings. The van der Waals surface area contributed by atoms with Crippen molar-refractivity contribution in [3.63, 3.8) is 0 Å². The number of sulfone groups is 1. The summed E-state index contributed by atoms with van der Waals surface area (Å²) in [5, 5.41) is 13.6. The molecule has 1 N–H and O–H groups in total. The Balaban J connectivity index is 2.58. The smallest absolute Gasteiger partial charge is 0.277 e. The predicted octanol–water partition coefficient (Wildman–Crippen LogP) is 1.14. The van der Waals surface area contributed by atoms with E-state index in [2.05, 4.69) is 10.3 Å². The highest BCUT2D eigenvalue weighted by molar-refractivity contribution is 7.90. The quantitative estimate of drug-likeness (QED) is 0.474. The van der Waals surface area contributed by atoms with Crippen LogP contribution in [-0.4, -0.2) is 36.9 Å². The van der Waals surface area contributed by atoms with Crippen LogP contribution in [0, 0.1) is 17.0 Å². The van der Waals surface area contributed by atoms with Crippen molar-refractivity contribution in [1.82, 2.24) is 4.98 Å². The van der Waals surface area contributed by atoms with Crippen LogP contribution in [0.15, 0.2) is 12.3 Å². The van der Waals surface area contributed by atoms with Gasteiger partial charge >= 0.3 is 0 Å². The Labute approximate surface area is 105 Å². The van der Waals surface area contributed by atoms with E-state index >= 15 is 0 Å². The highest BCUT2D eigenvalue weighted by Gasteiger charge is 2.11. The zero-order chi connectivity index (χ0) is 13.8. The molecule has 0 aliphatic heterocycles. The van der Waals surface area contributed by atoms with Crippen molar-refractivity contribution >= 4 is 21.3 Å². The van der Waals surface area contributed by atoms with Crippen LogP contribution in [0.1, 0.15) is 12.0 Å². The SMILES string of the molecule is Cc1cnc(NCCCS(C)(=O)=O)cc1[N+](=O)[O-]. The first-order valence-corrected chi connectivity index (χ1v) is 7.38. The number of aromatic nitrogens is 1. The van der Waals surface area contributed by atoms with Gasteiger partial charge in [0, 0.05) is 24.6 Å². The van der Waals surface area contributed by atoms with Gasteiger partial charge in [-0.2, -0.15) is 0 Å². The Morgan fingerprint density at radius 1 is 1.50 bits per heavy atom. The van der Waals surface area contributed by atoms with Crippen LogP contribution < -0.4 is 5.32 Å². The van der Waals surface area contributed by atoms with E-state index < -0.39 is 14.8 Å². The van der Waals surface area contributed by atoms with Crippen LogP contribution in [0.2, 0.25) is 0 Å². The van der Waals surface area contributed by atoms with E-state index in [-0.39, 0.29) is 11.4 Å². The Morgan fingerprint density at radius 3 is 2.72 bits per heavy atom. The van der Waals surface area contributed by atoms with Crippen LogP contribution in [0.3, 0.4) is 0 Å². The second-order valence-corrected chi connectivity index (χ2v) is 6.28. The third-order valence-electron chi connectivity index (χ3n) is 2.27. The molecule has 18 heavy (non-hydrogen) atoms. The molecule has 1 aromatic heterocycles. The number of nitrogens with zero attached hydrogens (tertiary/aromatic N) is 2. The second-order valence-electron chi connectivity index (χ2n) is 4.02. The summed E-state index contributed by atoms with van der Waals surface area (Å²) < 4.78 is 21.8. The summed E-state index contributed by atoms with van der Waals surface area (Å²) >= 11 is 0. The summed E-state index contributed by atoms with van der Waals surface area (Å²) in [5.74, 6) is 0.453. The fraction of sp³-hybridized carbons (Fsp3) is 0.500. The highest BCUT2D eigenvalue weighted by atomic mass is 32.2. The molecule has 0 atom stereocenters. The number of pyridine rings is 1. The van der Waals surface area contributed by atoms with Gasteiger partial charge in [0.1, 0.15) is 15.7 Å². The minimum absolute atomic E-state index is 0.00406. The molecule has 0 saturated heterocycles. The van der Waals surface area contributed by atoms with Gasteiger partial charge in [-0.1, -0.05) is 0 Å². The first-order chi connectivity index (χ1) is 8.29. The molecule has 1 aromatic rings. The summed E-state index contributed by atoms with van der Waals surface area (Å²) in [6.45, 7) is 2.01. The zero-order valence-electron chi connectivity index (χ0n) is 10.2. The zero-order valence-corrected chi connectivity index (χ0v) is 11.0. The van der Waals surface area contributed by atoms with Crippen molar-refractivity contribution in [3.05, 3.63) is 27.9 Å². The van der Waals surface area contributed by atoms with E-state index in [0.717, 1.165) is 0 Å². The average Bonchev–Trinajstić information content (AvgIpc) is 2.24. The maximum Gasteiger partial charge on any atom is 0.277 e. The highest BCUT2D eigenvalue weighted by Crippen LogP contribution is 2.19. The van der Waals surface area contributed by atoms with Gasteiger partial charge < -0.3 is 5.32 Å². The number of anilines is 1. The Bertz CT molecular complexity index is 542. The Hall–Kier alpha value is -1.70. The number of hydrogen-bond donors (Lipinski definition) is 1. The van der Waals surface area contributed by atoms with Crippen LogP contribution in [-0.2, 0) is 9.84 Å². The van der Waals surface area contributed by atoms with Gasteiger partial charge in [0.05, 0.1) is 16.7 Å². The molecule has 0 spiro atoms. The van der Waals surface area contributed by atoms with Crippen LogP contribution in [0.5, 0.6) is 0 Å². The molecule has 0 aliphatic carbocycles. The van der Waals surface area contributed by atoms with Gasteiger partial charge in [-0.15, -0.1) is 0 Å². The van der Waals surface area contributed by atoms with Gasteiger partial charge in [-0.3, -0.25) is 10.1 Å². The lowest BCUT2D eigenvalue weighted by molar-refractivity contribution is -0.385. The molecule has 7 nitrogen and oxygen atoms in total. The molecular formula is C10H15N3O4S. The van der Waals surface area contributed by atoms with Crippen molar-refractivity contribution in [2.45, 2.75) is 13.3 Å². The molecule has 0 radical (unpaired) electrons. The molecule has 0 saturated carbocycles. The van der Waals surface area contributed by atoms with E-state index in [0.29, 0.717) is 24.3 Å². The molecule has 0 unspecified atom stereocenters. The van der Waals surface area contributed by atoms with Gasteiger partial charge in [-0.05, 0) is 13.3 Å². The Kier molecular flexibility index (Phi) is 4.60. The maximum absolute atomic E-state index is 10.9. The van der Waals surface area contributed by atoms with E-state index in [1.54, 1.807) is 6.92 Å². The molecule has 0 aromatic carbocycles. The third-order valence-corrected chi connectivity index (χ3v) is 3.30. The molecule has 8 heteroatoms. The molecule has 1 heterocycles. The van der Waals surface area contributed by atoms with Crippen LogP contribution >= 0.6 is 0 Å². The van der Waals surface area contributed by atoms with Crippen molar-refractivity contribution in [1.29, 1.82) is 0 Å². The molecule has 100 valence electrons. The van der Waals surface area contributed by atoms with E-state index in [1.807, 2.05) is 0 Å². The molecule has 0 fully saturated rings. The fourth-order valence-electron chi connectivity index (χ4n) is 1.36. The topological polar surface area (TPSA) is 102 Å². The van der Waals surface area contributed by atoms with Crippen LogP contribution in [0.4, 0.5) is 11.5 Å². The minimum Gasteiger partial charge on any atom is -0.370 e. The van der Waals surface area contributed by atoms with Gasteiger partial charge in [-0.25, -0.2) is 13.4 Å². The Morgan fingerprint density at radius 2 is 2.17 bits per heavy atom. The number of nitrogens with one attached hydrogen (secondary N) is 1. The molecule has 1 rings (SSSR count). The number of hydrogen-bond acceptors (Lipinski definition) is 6. The number of rotatable bonds is 6. The van der Waals surface area contributed by atoms with Crippen molar-refractivity contribution in [2.75, 3.05) is 23.9 Å². The van der Waals surface area contributed by atoms with Crippen molar-refractivity contribution in [2.24, 2.45) is 0 Å². The first kappa shape index (κ1) is 14.4. The lowest BCUT2D eigenvalue weighted by atomic mass is 10.2. The van der Waals surface area contributed by atoms with Crippen LogP contribution in [0.25, 0.3) is 0 Å². The normalized spacial score (nSPS) is 11.2. The lowest BCUT2D eigenvalue weighted by Crippen LogP contribution is -2.10. The maximum atomic E-state index is 10.9. The van der Waals surface area contributed by atoms with E-state index in [9.17, 15) is 18.5 Å². The van der Waals surface area contributed by atoms with Gasteiger partial charge in [0.15, 0.2) is 0 Å². The van der Waals surface area contributed by atoms with E-state index in [4.69, 9.17) is 0 Å². The summed E-state index contributed by atoms with van der Waals surface area (Å²) in [7, 11) is -2.98. The predicted molar refractivity (Wildman–Crippen MR) is 68.4 cm³/mol. The summed E-state index contributed by atoms with van der Waals surface area (Å²) in [6, 6.07) is 1.34. The third kappa shape index (κ3) is 4.66. The first-order valence-electron chi connectivity index (χ1n) is 5.32. The van der Waals surface area contributed by atoms with E-state index in [1.165, 1.54) is 18.5 Å². The number of nitro groups is 1. The fourth-order valence-corrected chi connectivity index (χ4v) is 2.03. The monoisotopic (exact) mass is 273 g/mol. The lowest BCUT2D eigenvalue weighted by Gasteiger charge is -2.05. The van der Waals surface area contributed by atoms with Crippen molar-refractivity contribution in [3.8, 4) is 0 Å².